The van der Waals surface area contributed by atoms with Crippen LogP contribution in [0.1, 0.15) is 44.1 Å². The lowest BCUT2D eigenvalue weighted by Gasteiger charge is -2.60. The number of nitrogens with two attached hydrogens (primary N) is 1. The number of nitrogens with zero attached hydrogens (tertiary/aromatic N) is 1. The first-order chi connectivity index (χ1) is 9.56. The van der Waals surface area contributed by atoms with Crippen LogP contribution in [0.25, 0.3) is 0 Å². The summed E-state index contributed by atoms with van der Waals surface area (Å²) < 4.78 is 0. The molecule has 1 aromatic rings. The first-order valence-corrected chi connectivity index (χ1v) is 8.16. The fraction of sp³-hybridized carbons (Fsp3) is 0.667. The van der Waals surface area contributed by atoms with Gasteiger partial charge in [0.1, 0.15) is 0 Å². The molecule has 0 aliphatic heterocycles. The topological polar surface area (TPSA) is 29.3 Å². The Hall–Kier alpha value is -1.18. The summed E-state index contributed by atoms with van der Waals surface area (Å²) >= 11 is 0. The van der Waals surface area contributed by atoms with Gasteiger partial charge in [0.25, 0.3) is 0 Å². The first-order valence-electron chi connectivity index (χ1n) is 8.16. The van der Waals surface area contributed by atoms with E-state index < -0.39 is 0 Å². The fourth-order valence-electron chi connectivity index (χ4n) is 5.71. The zero-order valence-electron chi connectivity index (χ0n) is 12.7. The standard InChI is InChI=1S/C18H26N2/c1-12-3-4-17(16(19)5-12)20(2)18-9-13-6-14(10-18)8-15(7-13)11-18/h3-5,13-15H,6-11,19H2,1-2H3. The van der Waals surface area contributed by atoms with E-state index >= 15 is 0 Å². The van der Waals surface area contributed by atoms with Crippen molar-refractivity contribution in [3.63, 3.8) is 0 Å². The molecule has 2 heteroatoms. The van der Waals surface area contributed by atoms with Crippen LogP contribution in [0.5, 0.6) is 0 Å². The van der Waals surface area contributed by atoms with Crippen molar-refractivity contribution < 1.29 is 0 Å². The maximum Gasteiger partial charge on any atom is 0.0602 e. The van der Waals surface area contributed by atoms with Crippen LogP contribution in [-0.4, -0.2) is 12.6 Å². The van der Waals surface area contributed by atoms with E-state index in [2.05, 4.69) is 37.1 Å². The number of hydrogen-bond acceptors (Lipinski definition) is 2. The molecular formula is C18H26N2. The highest BCUT2D eigenvalue weighted by molar-refractivity contribution is 5.69. The van der Waals surface area contributed by atoms with Gasteiger partial charge in [0.2, 0.25) is 0 Å². The fourth-order valence-corrected chi connectivity index (χ4v) is 5.71. The number of rotatable bonds is 2. The van der Waals surface area contributed by atoms with E-state index in [1.165, 1.54) is 49.8 Å². The highest BCUT2D eigenvalue weighted by Gasteiger charge is 2.52. The van der Waals surface area contributed by atoms with Gasteiger partial charge in [-0.05, 0) is 80.9 Å². The summed E-state index contributed by atoms with van der Waals surface area (Å²) in [6, 6.07) is 6.54. The van der Waals surface area contributed by atoms with Gasteiger partial charge in [-0.2, -0.15) is 0 Å². The van der Waals surface area contributed by atoms with E-state index in [0.717, 1.165) is 23.4 Å². The van der Waals surface area contributed by atoms with Crippen LogP contribution in [0.4, 0.5) is 11.4 Å². The molecule has 2 nitrogen and oxygen atoms in total. The zero-order valence-corrected chi connectivity index (χ0v) is 12.7. The highest BCUT2D eigenvalue weighted by Crippen LogP contribution is 2.58. The summed E-state index contributed by atoms with van der Waals surface area (Å²) in [4.78, 5) is 2.55. The van der Waals surface area contributed by atoms with Crippen molar-refractivity contribution in [2.45, 2.75) is 51.0 Å². The monoisotopic (exact) mass is 270 g/mol. The van der Waals surface area contributed by atoms with Gasteiger partial charge < -0.3 is 10.6 Å². The molecular weight excluding hydrogens is 244 g/mol. The average molecular weight is 270 g/mol. The van der Waals surface area contributed by atoms with E-state index in [9.17, 15) is 0 Å². The van der Waals surface area contributed by atoms with Crippen LogP contribution in [0.15, 0.2) is 18.2 Å². The lowest BCUT2D eigenvalue weighted by molar-refractivity contribution is -0.00195. The van der Waals surface area contributed by atoms with E-state index in [-0.39, 0.29) is 0 Å². The number of nitrogen functional groups attached to an aromatic ring is 1. The Morgan fingerprint density at radius 2 is 1.60 bits per heavy atom. The number of hydrogen-bond donors (Lipinski definition) is 1. The van der Waals surface area contributed by atoms with Crippen molar-refractivity contribution >= 4 is 11.4 Å². The second-order valence-electron chi connectivity index (χ2n) is 7.76. The van der Waals surface area contributed by atoms with Crippen molar-refractivity contribution in [1.29, 1.82) is 0 Å². The minimum Gasteiger partial charge on any atom is -0.397 e. The lowest BCUT2D eigenvalue weighted by atomic mass is 9.52. The Morgan fingerprint density at radius 1 is 1.05 bits per heavy atom. The van der Waals surface area contributed by atoms with Crippen molar-refractivity contribution in [3.8, 4) is 0 Å². The summed E-state index contributed by atoms with van der Waals surface area (Å²) in [6.07, 6.45) is 8.66. The van der Waals surface area contributed by atoms with Crippen molar-refractivity contribution in [1.82, 2.24) is 0 Å². The van der Waals surface area contributed by atoms with Crippen LogP contribution < -0.4 is 10.6 Å². The van der Waals surface area contributed by atoms with Gasteiger partial charge in [-0.15, -0.1) is 0 Å². The molecule has 5 rings (SSSR count). The highest BCUT2D eigenvalue weighted by atomic mass is 15.2. The van der Waals surface area contributed by atoms with Gasteiger partial charge in [-0.1, -0.05) is 6.07 Å². The molecule has 0 saturated heterocycles. The minimum absolute atomic E-state index is 0.401. The van der Waals surface area contributed by atoms with E-state index in [1.807, 2.05) is 0 Å². The summed E-state index contributed by atoms with van der Waals surface area (Å²) in [7, 11) is 2.29. The van der Waals surface area contributed by atoms with Crippen LogP contribution in [-0.2, 0) is 0 Å². The predicted molar refractivity (Wildman–Crippen MR) is 84.9 cm³/mol. The SMILES string of the molecule is Cc1ccc(N(C)C23CC4CC(CC(C4)C2)C3)c(N)c1. The lowest BCUT2D eigenvalue weighted by Crippen LogP contribution is -2.59. The molecule has 0 amide bonds. The van der Waals surface area contributed by atoms with Gasteiger partial charge in [-0.25, -0.2) is 0 Å². The Morgan fingerprint density at radius 3 is 2.10 bits per heavy atom. The molecule has 2 N–H and O–H groups in total. The number of aryl methyl sites for hydroxylation is 1. The molecule has 4 aliphatic carbocycles. The Kier molecular flexibility index (Phi) is 2.61. The largest absolute Gasteiger partial charge is 0.397 e. The Labute approximate surface area is 122 Å². The van der Waals surface area contributed by atoms with E-state index in [4.69, 9.17) is 5.73 Å². The minimum atomic E-state index is 0.401. The van der Waals surface area contributed by atoms with Gasteiger partial charge in [0, 0.05) is 12.6 Å². The molecule has 0 heterocycles. The predicted octanol–water partition coefficient (Wildman–Crippen LogP) is 3.98. The third-order valence-corrected chi connectivity index (χ3v) is 6.26. The van der Waals surface area contributed by atoms with Crippen molar-refractivity contribution in [2.75, 3.05) is 17.7 Å². The molecule has 0 atom stereocenters. The Bertz CT molecular complexity index is 499. The molecule has 4 saturated carbocycles. The second kappa shape index (κ2) is 4.16. The Balaban J connectivity index is 1.69. The molecule has 4 aliphatic rings. The van der Waals surface area contributed by atoms with E-state index in [0.29, 0.717) is 5.54 Å². The van der Waals surface area contributed by atoms with Gasteiger partial charge >= 0.3 is 0 Å². The second-order valence-corrected chi connectivity index (χ2v) is 7.76. The molecule has 0 radical (unpaired) electrons. The molecule has 0 spiro atoms. The quantitative estimate of drug-likeness (QED) is 0.824. The normalized spacial score (nSPS) is 38.2. The van der Waals surface area contributed by atoms with E-state index in [1.54, 1.807) is 0 Å². The van der Waals surface area contributed by atoms with Gasteiger partial charge in [0.05, 0.1) is 11.4 Å². The maximum atomic E-state index is 6.30. The van der Waals surface area contributed by atoms with Gasteiger partial charge in [0.15, 0.2) is 0 Å². The summed E-state index contributed by atoms with van der Waals surface area (Å²) in [5, 5.41) is 0. The van der Waals surface area contributed by atoms with Crippen LogP contribution in [0.2, 0.25) is 0 Å². The number of benzene rings is 1. The summed E-state index contributed by atoms with van der Waals surface area (Å²) in [5.41, 5.74) is 10.2. The smallest absolute Gasteiger partial charge is 0.0602 e. The van der Waals surface area contributed by atoms with Crippen LogP contribution in [0.3, 0.4) is 0 Å². The molecule has 4 bridgehead atoms. The van der Waals surface area contributed by atoms with Crippen molar-refractivity contribution in [3.05, 3.63) is 23.8 Å². The molecule has 108 valence electrons. The first kappa shape index (κ1) is 12.6. The average Bonchev–Trinajstić information content (AvgIpc) is 2.36. The van der Waals surface area contributed by atoms with Crippen LogP contribution in [0, 0.1) is 24.7 Å². The van der Waals surface area contributed by atoms with Crippen LogP contribution >= 0.6 is 0 Å². The molecule has 0 aromatic heterocycles. The number of anilines is 2. The van der Waals surface area contributed by atoms with Gasteiger partial charge in [-0.3, -0.25) is 0 Å². The summed E-state index contributed by atoms with van der Waals surface area (Å²) in [5.74, 6) is 2.95. The molecule has 0 unspecified atom stereocenters. The van der Waals surface area contributed by atoms with Crippen molar-refractivity contribution in [2.24, 2.45) is 17.8 Å². The third-order valence-electron chi connectivity index (χ3n) is 6.26. The molecule has 20 heavy (non-hydrogen) atoms. The maximum absolute atomic E-state index is 6.30. The zero-order chi connectivity index (χ0) is 13.9. The summed E-state index contributed by atoms with van der Waals surface area (Å²) in [6.45, 7) is 2.12. The molecule has 4 fully saturated rings. The molecule has 1 aromatic carbocycles. The third kappa shape index (κ3) is 1.77.